The highest BCUT2D eigenvalue weighted by molar-refractivity contribution is 5.56. The van der Waals surface area contributed by atoms with Crippen molar-refractivity contribution >= 4 is 11.5 Å². The molecule has 0 atom stereocenters. The van der Waals surface area contributed by atoms with Crippen molar-refractivity contribution in [2.45, 2.75) is 20.8 Å². The van der Waals surface area contributed by atoms with Crippen LogP contribution < -0.4 is 5.32 Å². The molecule has 0 saturated heterocycles. The molecule has 1 heterocycles. The van der Waals surface area contributed by atoms with Gasteiger partial charge in [-0.25, -0.2) is 4.98 Å². The Morgan fingerprint density at radius 2 is 2.27 bits per heavy atom. The molecule has 15 heavy (non-hydrogen) atoms. The van der Waals surface area contributed by atoms with Gasteiger partial charge in [-0.05, 0) is 18.4 Å². The van der Waals surface area contributed by atoms with Crippen molar-refractivity contribution in [3.63, 3.8) is 0 Å². The normalized spacial score (nSPS) is 10.4. The largest absolute Gasteiger partial charge is 0.364 e. The molecule has 0 bridgehead atoms. The van der Waals surface area contributed by atoms with Crippen molar-refractivity contribution in [2.24, 2.45) is 5.92 Å². The van der Waals surface area contributed by atoms with Crippen LogP contribution in [0.2, 0.25) is 0 Å². The van der Waals surface area contributed by atoms with Gasteiger partial charge < -0.3 is 5.32 Å². The van der Waals surface area contributed by atoms with Crippen LogP contribution in [0.3, 0.4) is 0 Å². The lowest BCUT2D eigenvalue weighted by atomic mass is 10.2. The van der Waals surface area contributed by atoms with Crippen molar-refractivity contribution in [1.29, 1.82) is 0 Å². The lowest BCUT2D eigenvalue weighted by Crippen LogP contribution is -2.10. The second-order valence-corrected chi connectivity index (χ2v) is 3.91. The summed E-state index contributed by atoms with van der Waals surface area (Å²) in [5.74, 6) is 0.770. The number of nitrogens with one attached hydrogen (secondary N) is 1. The first-order valence-corrected chi connectivity index (χ1v) is 4.85. The van der Waals surface area contributed by atoms with Gasteiger partial charge in [0.2, 0.25) is 5.82 Å². The van der Waals surface area contributed by atoms with E-state index >= 15 is 0 Å². The van der Waals surface area contributed by atoms with Gasteiger partial charge in [0.1, 0.15) is 0 Å². The Labute approximate surface area is 88.7 Å². The lowest BCUT2D eigenvalue weighted by Gasteiger charge is -2.08. The second kappa shape index (κ2) is 4.72. The molecular weight excluding hydrogens is 194 g/mol. The Hall–Kier alpha value is -1.65. The van der Waals surface area contributed by atoms with Crippen LogP contribution in [-0.4, -0.2) is 16.5 Å². The number of hydrogen-bond donors (Lipinski definition) is 1. The number of aryl methyl sites for hydroxylation is 1. The summed E-state index contributed by atoms with van der Waals surface area (Å²) in [7, 11) is 0. The molecule has 0 aliphatic rings. The van der Waals surface area contributed by atoms with E-state index in [0.717, 1.165) is 5.56 Å². The maximum atomic E-state index is 10.7. The quantitative estimate of drug-likeness (QED) is 0.610. The number of nitro groups is 1. The average molecular weight is 209 g/mol. The first-order chi connectivity index (χ1) is 7.00. The summed E-state index contributed by atoms with van der Waals surface area (Å²) >= 11 is 0. The second-order valence-electron chi connectivity index (χ2n) is 3.91. The van der Waals surface area contributed by atoms with Crippen LogP contribution >= 0.6 is 0 Å². The SMILES string of the molecule is Cc1cnc(NCC(C)C)c([N+](=O)[O-])c1. The third kappa shape index (κ3) is 3.19. The molecule has 0 saturated carbocycles. The Bertz CT molecular complexity index is 364. The number of nitrogens with zero attached hydrogens (tertiary/aromatic N) is 2. The average Bonchev–Trinajstić information content (AvgIpc) is 2.15. The summed E-state index contributed by atoms with van der Waals surface area (Å²) in [6.07, 6.45) is 1.62. The van der Waals surface area contributed by atoms with E-state index in [1.54, 1.807) is 13.1 Å². The van der Waals surface area contributed by atoms with Crippen LogP contribution in [0, 0.1) is 23.0 Å². The molecule has 5 heteroatoms. The van der Waals surface area contributed by atoms with Crippen LogP contribution in [-0.2, 0) is 0 Å². The van der Waals surface area contributed by atoms with Crippen molar-refractivity contribution in [3.05, 3.63) is 27.9 Å². The predicted molar refractivity (Wildman–Crippen MR) is 59.0 cm³/mol. The molecule has 5 nitrogen and oxygen atoms in total. The van der Waals surface area contributed by atoms with E-state index < -0.39 is 4.92 Å². The van der Waals surface area contributed by atoms with Crippen LogP contribution in [0.15, 0.2) is 12.3 Å². The van der Waals surface area contributed by atoms with E-state index in [0.29, 0.717) is 18.3 Å². The zero-order valence-corrected chi connectivity index (χ0v) is 9.15. The standard InChI is InChI=1S/C10H15N3O2/c1-7(2)5-11-10-9(13(14)15)4-8(3)6-12-10/h4,6-7H,5H2,1-3H3,(H,11,12). The van der Waals surface area contributed by atoms with Gasteiger partial charge in [-0.1, -0.05) is 13.8 Å². The molecule has 0 aliphatic carbocycles. The minimum atomic E-state index is -0.414. The van der Waals surface area contributed by atoms with E-state index in [9.17, 15) is 10.1 Å². The van der Waals surface area contributed by atoms with Crippen LogP contribution in [0.5, 0.6) is 0 Å². The molecule has 82 valence electrons. The Balaban J connectivity index is 2.91. The fourth-order valence-corrected chi connectivity index (χ4v) is 1.13. The molecular formula is C10H15N3O2. The third-order valence-electron chi connectivity index (χ3n) is 1.88. The summed E-state index contributed by atoms with van der Waals surface area (Å²) in [4.78, 5) is 14.3. The molecule has 0 aromatic carbocycles. The molecule has 0 spiro atoms. The fraction of sp³-hybridized carbons (Fsp3) is 0.500. The topological polar surface area (TPSA) is 68.1 Å². The van der Waals surface area contributed by atoms with Gasteiger partial charge in [0, 0.05) is 18.8 Å². The molecule has 1 rings (SSSR count). The summed E-state index contributed by atoms with van der Waals surface area (Å²) in [5.41, 5.74) is 0.826. The minimum absolute atomic E-state index is 0.0376. The lowest BCUT2D eigenvalue weighted by molar-refractivity contribution is -0.384. The molecule has 1 aromatic rings. The van der Waals surface area contributed by atoms with Gasteiger partial charge >= 0.3 is 5.69 Å². The predicted octanol–water partition coefficient (Wildman–Crippen LogP) is 2.37. The molecule has 0 amide bonds. The first-order valence-electron chi connectivity index (χ1n) is 4.85. The van der Waals surface area contributed by atoms with Crippen molar-refractivity contribution < 1.29 is 4.92 Å². The summed E-state index contributed by atoms with van der Waals surface area (Å²) < 4.78 is 0. The summed E-state index contributed by atoms with van der Waals surface area (Å²) in [6, 6.07) is 1.52. The van der Waals surface area contributed by atoms with Crippen molar-refractivity contribution in [3.8, 4) is 0 Å². The molecule has 0 radical (unpaired) electrons. The molecule has 1 aromatic heterocycles. The van der Waals surface area contributed by atoms with Gasteiger partial charge in [0.25, 0.3) is 0 Å². The Morgan fingerprint density at radius 3 is 2.80 bits per heavy atom. The molecule has 0 fully saturated rings. The number of aromatic nitrogens is 1. The number of pyridine rings is 1. The summed E-state index contributed by atoms with van der Waals surface area (Å²) in [6.45, 7) is 6.53. The van der Waals surface area contributed by atoms with Crippen LogP contribution in [0.4, 0.5) is 11.5 Å². The van der Waals surface area contributed by atoms with Crippen molar-refractivity contribution in [2.75, 3.05) is 11.9 Å². The highest BCUT2D eigenvalue weighted by Gasteiger charge is 2.14. The Kier molecular flexibility index (Phi) is 3.60. The van der Waals surface area contributed by atoms with E-state index in [1.165, 1.54) is 6.07 Å². The monoisotopic (exact) mass is 209 g/mol. The third-order valence-corrected chi connectivity index (χ3v) is 1.88. The summed E-state index contributed by atoms with van der Waals surface area (Å²) in [5, 5.41) is 13.7. The van der Waals surface area contributed by atoms with Gasteiger partial charge in [0.05, 0.1) is 4.92 Å². The van der Waals surface area contributed by atoms with E-state index in [1.807, 2.05) is 13.8 Å². The maximum absolute atomic E-state index is 10.7. The molecule has 1 N–H and O–H groups in total. The smallest absolute Gasteiger partial charge is 0.311 e. The minimum Gasteiger partial charge on any atom is -0.364 e. The number of hydrogen-bond acceptors (Lipinski definition) is 4. The van der Waals surface area contributed by atoms with E-state index in [4.69, 9.17) is 0 Å². The van der Waals surface area contributed by atoms with Gasteiger partial charge in [0.15, 0.2) is 0 Å². The fourth-order valence-electron chi connectivity index (χ4n) is 1.13. The molecule has 0 aliphatic heterocycles. The zero-order valence-electron chi connectivity index (χ0n) is 9.15. The number of anilines is 1. The van der Waals surface area contributed by atoms with E-state index in [2.05, 4.69) is 10.3 Å². The van der Waals surface area contributed by atoms with Crippen LogP contribution in [0.25, 0.3) is 0 Å². The molecule has 0 unspecified atom stereocenters. The maximum Gasteiger partial charge on any atom is 0.311 e. The van der Waals surface area contributed by atoms with Gasteiger partial charge in [-0.2, -0.15) is 0 Å². The first kappa shape index (κ1) is 11.4. The van der Waals surface area contributed by atoms with Crippen LogP contribution in [0.1, 0.15) is 19.4 Å². The van der Waals surface area contributed by atoms with Gasteiger partial charge in [-0.15, -0.1) is 0 Å². The Morgan fingerprint density at radius 1 is 1.60 bits per heavy atom. The zero-order chi connectivity index (χ0) is 11.4. The van der Waals surface area contributed by atoms with E-state index in [-0.39, 0.29) is 5.69 Å². The number of rotatable bonds is 4. The highest BCUT2D eigenvalue weighted by atomic mass is 16.6. The van der Waals surface area contributed by atoms with Crippen molar-refractivity contribution in [1.82, 2.24) is 4.98 Å². The van der Waals surface area contributed by atoms with Gasteiger partial charge in [-0.3, -0.25) is 10.1 Å². The highest BCUT2D eigenvalue weighted by Crippen LogP contribution is 2.22.